The Morgan fingerprint density at radius 2 is 2.55 bits per heavy atom. The topological polar surface area (TPSA) is 33.7 Å². The lowest BCUT2D eigenvalue weighted by Crippen LogP contribution is -2.42. The summed E-state index contributed by atoms with van der Waals surface area (Å²) < 4.78 is 5.44. The molecule has 1 saturated heterocycles. The summed E-state index contributed by atoms with van der Waals surface area (Å²) in [6.07, 6.45) is 0.223. The second-order valence-corrected chi connectivity index (χ2v) is 2.77. The van der Waals surface area contributed by atoms with E-state index >= 15 is 0 Å². The Kier molecular flexibility index (Phi) is 3.79. The summed E-state index contributed by atoms with van der Waals surface area (Å²) in [5.41, 5.74) is 2.63. The normalized spacial score (nSPS) is 27.3. The lowest BCUT2D eigenvalue weighted by Gasteiger charge is -2.29. The molecule has 0 aromatic carbocycles. The minimum absolute atomic E-state index is 0.223. The second kappa shape index (κ2) is 4.66. The molecule has 4 heteroatoms. The first-order chi connectivity index (χ1) is 5.33. The van der Waals surface area contributed by atoms with Crippen LogP contribution in [-0.2, 0) is 9.57 Å². The van der Waals surface area contributed by atoms with Gasteiger partial charge in [0.1, 0.15) is 0 Å². The van der Waals surface area contributed by atoms with Crippen LogP contribution in [0.15, 0.2) is 0 Å². The van der Waals surface area contributed by atoms with Crippen molar-refractivity contribution in [1.29, 1.82) is 0 Å². The van der Waals surface area contributed by atoms with Crippen LogP contribution >= 0.6 is 0 Å². The summed E-state index contributed by atoms with van der Waals surface area (Å²) in [6, 6.07) is 0. The summed E-state index contributed by atoms with van der Waals surface area (Å²) >= 11 is 0. The summed E-state index contributed by atoms with van der Waals surface area (Å²) in [5.74, 6) is 0. The predicted molar refractivity (Wildman–Crippen MR) is 42.2 cm³/mol. The third kappa shape index (κ3) is 3.16. The monoisotopic (exact) mass is 160 g/mol. The summed E-state index contributed by atoms with van der Waals surface area (Å²) in [5, 5.41) is 0. The number of hydrogen-bond acceptors (Lipinski definition) is 4. The molecule has 0 saturated carbocycles. The number of hydrogen-bond donors (Lipinski definition) is 1. The zero-order chi connectivity index (χ0) is 8.10. The molecule has 66 valence electrons. The predicted octanol–water partition coefficient (Wildman–Crippen LogP) is -0.532. The fourth-order valence-electron chi connectivity index (χ4n) is 1.14. The number of nitrogens with one attached hydrogen (secondary N) is 1. The molecule has 4 nitrogen and oxygen atoms in total. The van der Waals surface area contributed by atoms with Crippen LogP contribution < -0.4 is 5.48 Å². The van der Waals surface area contributed by atoms with Crippen molar-refractivity contribution in [1.82, 2.24) is 10.4 Å². The lowest BCUT2D eigenvalue weighted by molar-refractivity contribution is -0.0813. The standard InChI is InChI=1S/C7H16N2O2/c1-8-11-6-7-5-9(2)3-4-10-7/h7-8H,3-6H2,1-2H3. The molecule has 0 bridgehead atoms. The Morgan fingerprint density at radius 3 is 3.18 bits per heavy atom. The maximum Gasteiger partial charge on any atom is 0.0956 e. The molecule has 0 radical (unpaired) electrons. The number of ether oxygens (including phenoxy) is 1. The van der Waals surface area contributed by atoms with Crippen LogP contribution in [0.2, 0.25) is 0 Å². The smallest absolute Gasteiger partial charge is 0.0956 e. The van der Waals surface area contributed by atoms with Gasteiger partial charge in [0.25, 0.3) is 0 Å². The van der Waals surface area contributed by atoms with Crippen molar-refractivity contribution >= 4 is 0 Å². The van der Waals surface area contributed by atoms with Crippen LogP contribution in [-0.4, -0.2) is 51.4 Å². The van der Waals surface area contributed by atoms with E-state index in [4.69, 9.17) is 9.57 Å². The van der Waals surface area contributed by atoms with Gasteiger partial charge in [0, 0.05) is 20.1 Å². The van der Waals surface area contributed by atoms with Gasteiger partial charge in [0.05, 0.1) is 19.3 Å². The molecule has 0 amide bonds. The van der Waals surface area contributed by atoms with Gasteiger partial charge in [-0.1, -0.05) is 0 Å². The highest BCUT2D eigenvalue weighted by Gasteiger charge is 2.17. The van der Waals surface area contributed by atoms with Crippen LogP contribution in [0.25, 0.3) is 0 Å². The molecule has 11 heavy (non-hydrogen) atoms. The van der Waals surface area contributed by atoms with Crippen molar-refractivity contribution in [2.75, 3.05) is 40.4 Å². The van der Waals surface area contributed by atoms with Gasteiger partial charge in [-0.15, -0.1) is 0 Å². The quantitative estimate of drug-likeness (QED) is 0.563. The molecule has 1 N–H and O–H groups in total. The van der Waals surface area contributed by atoms with Crippen LogP contribution in [0.4, 0.5) is 0 Å². The van der Waals surface area contributed by atoms with E-state index in [0.29, 0.717) is 6.61 Å². The van der Waals surface area contributed by atoms with E-state index in [-0.39, 0.29) is 6.10 Å². The summed E-state index contributed by atoms with van der Waals surface area (Å²) in [4.78, 5) is 7.26. The molecule has 1 aliphatic rings. The first kappa shape index (κ1) is 8.93. The third-order valence-corrected chi connectivity index (χ3v) is 1.76. The van der Waals surface area contributed by atoms with Gasteiger partial charge in [0.15, 0.2) is 0 Å². The first-order valence-electron chi connectivity index (χ1n) is 3.91. The van der Waals surface area contributed by atoms with E-state index in [1.54, 1.807) is 7.05 Å². The van der Waals surface area contributed by atoms with Crippen LogP contribution in [0.3, 0.4) is 0 Å². The molecule has 1 unspecified atom stereocenters. The molecular weight excluding hydrogens is 144 g/mol. The number of likely N-dealkylation sites (N-methyl/N-ethyl adjacent to an activating group) is 1. The Morgan fingerprint density at radius 1 is 1.73 bits per heavy atom. The van der Waals surface area contributed by atoms with Gasteiger partial charge in [0.2, 0.25) is 0 Å². The SMILES string of the molecule is CNOCC1CN(C)CCO1. The Labute approximate surface area is 67.4 Å². The maximum absolute atomic E-state index is 5.44. The van der Waals surface area contributed by atoms with Gasteiger partial charge in [-0.05, 0) is 7.05 Å². The minimum atomic E-state index is 0.223. The van der Waals surface area contributed by atoms with E-state index in [0.717, 1.165) is 19.7 Å². The molecule has 0 aromatic heterocycles. The largest absolute Gasteiger partial charge is 0.373 e. The fraction of sp³-hybridized carbons (Fsp3) is 1.00. The number of nitrogens with zero attached hydrogens (tertiary/aromatic N) is 1. The molecular formula is C7H16N2O2. The van der Waals surface area contributed by atoms with E-state index in [9.17, 15) is 0 Å². The molecule has 0 aliphatic carbocycles. The molecule has 0 aromatic rings. The van der Waals surface area contributed by atoms with Crippen LogP contribution in [0.5, 0.6) is 0 Å². The molecule has 1 aliphatic heterocycles. The van der Waals surface area contributed by atoms with Crippen molar-refractivity contribution in [3.8, 4) is 0 Å². The molecule has 0 spiro atoms. The van der Waals surface area contributed by atoms with Crippen molar-refractivity contribution in [2.45, 2.75) is 6.10 Å². The Bertz CT molecular complexity index is 111. The zero-order valence-electron chi connectivity index (χ0n) is 7.17. The lowest BCUT2D eigenvalue weighted by atomic mass is 10.3. The van der Waals surface area contributed by atoms with Crippen molar-refractivity contribution in [2.24, 2.45) is 0 Å². The van der Waals surface area contributed by atoms with Crippen LogP contribution in [0.1, 0.15) is 0 Å². The van der Waals surface area contributed by atoms with Crippen molar-refractivity contribution < 1.29 is 9.57 Å². The average molecular weight is 160 g/mol. The second-order valence-electron chi connectivity index (χ2n) is 2.77. The van der Waals surface area contributed by atoms with Gasteiger partial charge >= 0.3 is 0 Å². The minimum Gasteiger partial charge on any atom is -0.373 e. The Balaban J connectivity index is 2.12. The number of rotatable bonds is 3. The van der Waals surface area contributed by atoms with Gasteiger partial charge < -0.3 is 9.64 Å². The van der Waals surface area contributed by atoms with Crippen LogP contribution in [0, 0.1) is 0 Å². The van der Waals surface area contributed by atoms with E-state index in [1.807, 2.05) is 0 Å². The zero-order valence-corrected chi connectivity index (χ0v) is 7.17. The molecule has 1 heterocycles. The number of morpholine rings is 1. The van der Waals surface area contributed by atoms with E-state index in [2.05, 4.69) is 17.4 Å². The fourth-order valence-corrected chi connectivity index (χ4v) is 1.14. The van der Waals surface area contributed by atoms with Gasteiger partial charge in [-0.2, -0.15) is 0 Å². The van der Waals surface area contributed by atoms with Gasteiger partial charge in [-0.25, -0.2) is 5.48 Å². The van der Waals surface area contributed by atoms with E-state index < -0.39 is 0 Å². The Hall–Kier alpha value is -0.160. The average Bonchev–Trinajstić information content (AvgIpc) is 2.01. The highest BCUT2D eigenvalue weighted by Crippen LogP contribution is 2.02. The highest BCUT2D eigenvalue weighted by molar-refractivity contribution is 4.67. The summed E-state index contributed by atoms with van der Waals surface area (Å²) in [6.45, 7) is 3.42. The molecule has 1 fully saturated rings. The molecule has 1 rings (SSSR count). The van der Waals surface area contributed by atoms with Gasteiger partial charge in [-0.3, -0.25) is 4.84 Å². The van der Waals surface area contributed by atoms with E-state index in [1.165, 1.54) is 0 Å². The third-order valence-electron chi connectivity index (χ3n) is 1.76. The maximum atomic E-state index is 5.44. The van der Waals surface area contributed by atoms with Crippen molar-refractivity contribution in [3.05, 3.63) is 0 Å². The van der Waals surface area contributed by atoms with Crippen molar-refractivity contribution in [3.63, 3.8) is 0 Å². The highest BCUT2D eigenvalue weighted by atomic mass is 16.7. The summed E-state index contributed by atoms with van der Waals surface area (Å²) in [7, 11) is 3.85. The molecule has 1 atom stereocenters. The number of hydroxylamine groups is 1. The first-order valence-corrected chi connectivity index (χ1v) is 3.91.